The number of pyridine rings is 1. The summed E-state index contributed by atoms with van der Waals surface area (Å²) in [6.45, 7) is 1.10. The Morgan fingerprint density at radius 1 is 1.00 bits per heavy atom. The fraction of sp³-hybridized carbons (Fsp3) is 0.190. The summed E-state index contributed by atoms with van der Waals surface area (Å²) < 4.78 is 28.6. The molecule has 0 spiro atoms. The van der Waals surface area contributed by atoms with Gasteiger partial charge in [0.2, 0.25) is 10.0 Å². The van der Waals surface area contributed by atoms with Crippen LogP contribution in [0.5, 0.6) is 0 Å². The summed E-state index contributed by atoms with van der Waals surface area (Å²) in [4.78, 5) is 23.2. The van der Waals surface area contributed by atoms with Crippen LogP contribution in [0.15, 0.2) is 59.8 Å². The van der Waals surface area contributed by atoms with Crippen LogP contribution in [-0.2, 0) is 10.0 Å². The monoisotopic (exact) mass is 508 g/mol. The second-order valence-corrected chi connectivity index (χ2v) is 10.6. The van der Waals surface area contributed by atoms with Crippen LogP contribution in [0.2, 0.25) is 5.02 Å². The van der Waals surface area contributed by atoms with Crippen LogP contribution in [0.1, 0.15) is 9.80 Å². The van der Waals surface area contributed by atoms with Crippen LogP contribution >= 0.6 is 35.3 Å². The predicted octanol–water partition coefficient (Wildman–Crippen LogP) is 4.07. The van der Waals surface area contributed by atoms with Gasteiger partial charge in [0.1, 0.15) is 0 Å². The van der Waals surface area contributed by atoms with E-state index in [9.17, 15) is 13.2 Å². The largest absolute Gasteiger partial charge is 0.334 e. The van der Waals surface area contributed by atoms with Gasteiger partial charge in [-0.2, -0.15) is 4.31 Å². The van der Waals surface area contributed by atoms with Crippen molar-refractivity contribution in [2.75, 3.05) is 26.2 Å². The smallest absolute Gasteiger partial charge is 0.282 e. The second kappa shape index (κ2) is 8.92. The van der Waals surface area contributed by atoms with Gasteiger partial charge in [0.25, 0.3) is 5.91 Å². The number of nitrogens with zero attached hydrogens (tertiary/aromatic N) is 4. The predicted molar refractivity (Wildman–Crippen MR) is 128 cm³/mol. The van der Waals surface area contributed by atoms with E-state index in [1.807, 2.05) is 0 Å². The summed E-state index contributed by atoms with van der Waals surface area (Å²) in [6, 6.07) is 12.1. The van der Waals surface area contributed by atoms with Crippen molar-refractivity contribution in [3.63, 3.8) is 0 Å². The molecule has 32 heavy (non-hydrogen) atoms. The molecule has 0 atom stereocenters. The average molecular weight is 509 g/mol. The SMILES string of the molecule is Cl.O=C(c1nc2ccncc2s1)N1CCN(S(=O)(=O)c2ccc3cc(Cl)ccc3c2)CC1. The minimum Gasteiger partial charge on any atom is -0.334 e. The third-order valence-corrected chi connectivity index (χ3v) is 8.44. The van der Waals surface area contributed by atoms with Gasteiger partial charge < -0.3 is 4.90 Å². The first-order valence-corrected chi connectivity index (χ1v) is 12.2. The molecule has 1 amide bonds. The lowest BCUT2D eigenvalue weighted by Crippen LogP contribution is -2.50. The zero-order valence-electron chi connectivity index (χ0n) is 16.6. The molecule has 166 valence electrons. The van der Waals surface area contributed by atoms with Crippen molar-refractivity contribution in [1.29, 1.82) is 0 Å². The molecule has 4 aromatic rings. The molecule has 1 saturated heterocycles. The first-order valence-electron chi connectivity index (χ1n) is 9.61. The number of sulfonamides is 1. The Morgan fingerprint density at radius 2 is 1.72 bits per heavy atom. The van der Waals surface area contributed by atoms with E-state index < -0.39 is 10.0 Å². The Morgan fingerprint density at radius 3 is 2.47 bits per heavy atom. The summed E-state index contributed by atoms with van der Waals surface area (Å²) in [7, 11) is -3.66. The van der Waals surface area contributed by atoms with Gasteiger partial charge in [-0.3, -0.25) is 9.78 Å². The molecule has 0 N–H and O–H groups in total. The maximum absolute atomic E-state index is 13.1. The minimum absolute atomic E-state index is 0. The number of piperazine rings is 1. The summed E-state index contributed by atoms with van der Waals surface area (Å²) in [5.41, 5.74) is 0.738. The van der Waals surface area contributed by atoms with Crippen LogP contribution in [-0.4, -0.2) is 59.7 Å². The van der Waals surface area contributed by atoms with Crippen LogP contribution in [0.25, 0.3) is 21.0 Å². The Balaban J connectivity index is 0.00000245. The second-order valence-electron chi connectivity index (χ2n) is 7.21. The van der Waals surface area contributed by atoms with E-state index in [1.165, 1.54) is 15.6 Å². The van der Waals surface area contributed by atoms with Crippen molar-refractivity contribution >= 4 is 72.3 Å². The topological polar surface area (TPSA) is 83.5 Å². The number of aromatic nitrogens is 2. The van der Waals surface area contributed by atoms with Gasteiger partial charge >= 0.3 is 0 Å². The van der Waals surface area contributed by atoms with E-state index in [1.54, 1.807) is 59.8 Å². The lowest BCUT2D eigenvalue weighted by Gasteiger charge is -2.33. The molecule has 0 saturated carbocycles. The lowest BCUT2D eigenvalue weighted by molar-refractivity contribution is 0.0698. The Labute approximate surface area is 200 Å². The van der Waals surface area contributed by atoms with Crippen molar-refractivity contribution in [3.05, 3.63) is 64.9 Å². The fourth-order valence-electron chi connectivity index (χ4n) is 3.64. The van der Waals surface area contributed by atoms with E-state index in [4.69, 9.17) is 11.6 Å². The lowest BCUT2D eigenvalue weighted by atomic mass is 10.1. The van der Waals surface area contributed by atoms with E-state index in [2.05, 4.69) is 9.97 Å². The number of halogens is 2. The summed E-state index contributed by atoms with van der Waals surface area (Å²) in [5.74, 6) is -0.180. The summed E-state index contributed by atoms with van der Waals surface area (Å²) in [6.07, 6.45) is 3.33. The highest BCUT2D eigenvalue weighted by molar-refractivity contribution is 7.89. The molecule has 0 bridgehead atoms. The molecular formula is C21H18Cl2N4O3S2. The number of fused-ring (bicyclic) bond motifs is 2. The Bertz CT molecular complexity index is 1380. The highest BCUT2D eigenvalue weighted by Crippen LogP contribution is 2.26. The molecule has 3 heterocycles. The highest BCUT2D eigenvalue weighted by atomic mass is 35.5. The molecule has 1 fully saturated rings. The third-order valence-electron chi connectivity index (χ3n) is 5.31. The molecular weight excluding hydrogens is 491 g/mol. The number of carbonyl (C=O) groups is 1. The zero-order chi connectivity index (χ0) is 21.6. The van der Waals surface area contributed by atoms with Gasteiger partial charge in [-0.1, -0.05) is 23.7 Å². The summed E-state index contributed by atoms with van der Waals surface area (Å²) in [5, 5.41) is 2.69. The van der Waals surface area contributed by atoms with Crippen LogP contribution in [0.3, 0.4) is 0 Å². The summed E-state index contributed by atoms with van der Waals surface area (Å²) >= 11 is 7.31. The number of hydrogen-bond acceptors (Lipinski definition) is 6. The van der Waals surface area contributed by atoms with Crippen molar-refractivity contribution < 1.29 is 13.2 Å². The number of thiazole rings is 1. The number of hydrogen-bond donors (Lipinski definition) is 0. The number of amides is 1. The molecule has 1 aliphatic heterocycles. The first-order chi connectivity index (χ1) is 14.9. The van der Waals surface area contributed by atoms with E-state index in [-0.39, 0.29) is 36.3 Å². The van der Waals surface area contributed by atoms with E-state index in [0.717, 1.165) is 21.0 Å². The van der Waals surface area contributed by atoms with Crippen molar-refractivity contribution in [2.45, 2.75) is 4.90 Å². The normalized spacial score (nSPS) is 15.1. The molecule has 1 aliphatic rings. The molecule has 11 heteroatoms. The molecule has 0 radical (unpaired) electrons. The standard InChI is InChI=1S/C21H17ClN4O3S2.ClH/c22-16-3-1-15-12-17(4-2-14(15)11-16)31(28,29)26-9-7-25(8-10-26)21(27)20-24-18-5-6-23-13-19(18)30-20;/h1-6,11-13H,7-10H2;1H. The minimum atomic E-state index is -3.66. The molecule has 2 aromatic carbocycles. The van der Waals surface area contributed by atoms with Gasteiger partial charge in [-0.05, 0) is 41.1 Å². The molecule has 0 unspecified atom stereocenters. The zero-order valence-corrected chi connectivity index (χ0v) is 19.8. The molecule has 5 rings (SSSR count). The van der Waals surface area contributed by atoms with Crippen LogP contribution in [0.4, 0.5) is 0 Å². The van der Waals surface area contributed by atoms with Gasteiger partial charge in [-0.15, -0.1) is 23.7 Å². The average Bonchev–Trinajstić information content (AvgIpc) is 3.22. The van der Waals surface area contributed by atoms with Gasteiger partial charge in [0, 0.05) is 43.6 Å². The van der Waals surface area contributed by atoms with E-state index in [0.29, 0.717) is 23.1 Å². The van der Waals surface area contributed by atoms with E-state index >= 15 is 0 Å². The van der Waals surface area contributed by atoms with Crippen LogP contribution < -0.4 is 0 Å². The number of benzene rings is 2. The van der Waals surface area contributed by atoms with Crippen molar-refractivity contribution in [1.82, 2.24) is 19.2 Å². The Hall–Kier alpha value is -2.30. The third kappa shape index (κ3) is 4.18. The quantitative estimate of drug-likeness (QED) is 0.416. The molecule has 2 aromatic heterocycles. The maximum Gasteiger partial charge on any atom is 0.282 e. The molecule has 7 nitrogen and oxygen atoms in total. The fourth-order valence-corrected chi connectivity index (χ4v) is 6.18. The number of carbonyl (C=O) groups excluding carboxylic acids is 1. The number of rotatable bonds is 3. The van der Waals surface area contributed by atoms with Gasteiger partial charge in [0.15, 0.2) is 5.01 Å². The van der Waals surface area contributed by atoms with Gasteiger partial charge in [0.05, 0.1) is 15.1 Å². The first kappa shape index (κ1) is 22.9. The molecule has 0 aliphatic carbocycles. The van der Waals surface area contributed by atoms with Crippen molar-refractivity contribution in [3.8, 4) is 0 Å². The Kier molecular flexibility index (Phi) is 6.37. The van der Waals surface area contributed by atoms with Gasteiger partial charge in [-0.25, -0.2) is 13.4 Å². The van der Waals surface area contributed by atoms with Crippen molar-refractivity contribution in [2.24, 2.45) is 0 Å². The highest BCUT2D eigenvalue weighted by Gasteiger charge is 2.31. The van der Waals surface area contributed by atoms with Crippen LogP contribution in [0, 0.1) is 0 Å². The maximum atomic E-state index is 13.1.